The number of benzene rings is 1. The van der Waals surface area contributed by atoms with Crippen LogP contribution in [0.4, 0.5) is 0 Å². The molecule has 0 spiro atoms. The van der Waals surface area contributed by atoms with Gasteiger partial charge in [0.1, 0.15) is 12.0 Å². The molecule has 0 amide bonds. The Kier molecular flexibility index (Phi) is 9.72. The maximum atomic E-state index is 5.42. The Morgan fingerprint density at radius 2 is 2.03 bits per heavy atom. The minimum atomic E-state index is 0. The number of nitrogens with one attached hydrogen (secondary N) is 1. The van der Waals surface area contributed by atoms with Crippen molar-refractivity contribution in [1.29, 1.82) is 0 Å². The first-order valence-corrected chi connectivity index (χ1v) is 9.98. The fourth-order valence-corrected chi connectivity index (χ4v) is 3.40. The summed E-state index contributed by atoms with van der Waals surface area (Å²) in [6.45, 7) is 10.5. The molecule has 0 bridgehead atoms. The van der Waals surface area contributed by atoms with Crippen LogP contribution >= 0.6 is 24.0 Å². The van der Waals surface area contributed by atoms with Crippen LogP contribution in [0.5, 0.6) is 5.75 Å². The second kappa shape index (κ2) is 12.0. The Balaban J connectivity index is 0.00000300. The molecule has 2 heterocycles. The van der Waals surface area contributed by atoms with Crippen LogP contribution in [-0.4, -0.2) is 67.3 Å². The molecule has 8 heteroatoms. The molecule has 1 N–H and O–H groups in total. The first kappa shape index (κ1) is 23.5. The maximum Gasteiger partial charge on any atom is 0.194 e. The van der Waals surface area contributed by atoms with Crippen molar-refractivity contribution in [1.82, 2.24) is 20.3 Å². The molecule has 0 unspecified atom stereocenters. The van der Waals surface area contributed by atoms with Gasteiger partial charge in [-0.05, 0) is 37.5 Å². The van der Waals surface area contributed by atoms with Crippen molar-refractivity contribution in [2.45, 2.75) is 26.8 Å². The summed E-state index contributed by atoms with van der Waals surface area (Å²) in [5.41, 5.74) is 3.40. The van der Waals surface area contributed by atoms with Crippen LogP contribution in [0.1, 0.15) is 23.7 Å². The Labute approximate surface area is 190 Å². The number of aliphatic imine (C=N–C) groups is 1. The third kappa shape index (κ3) is 6.88. The number of hydrogen-bond acceptors (Lipinski definition) is 5. The molecule has 1 aromatic heterocycles. The molecule has 1 fully saturated rings. The SMILES string of the molecule is CCNC(=NCCc1ccc(C)c(OC)c1)N1CCN(Cc2ccon2)CC1.I. The third-order valence-corrected chi connectivity index (χ3v) is 5.02. The standard InChI is InChI=1S/C21H31N5O2.HI/c1-4-22-21(23-9-7-18-6-5-17(2)20(15-18)27-3)26-12-10-25(11-13-26)16-19-8-14-28-24-19;/h5-6,8,14-15H,4,7,9-13,16H2,1-3H3,(H,22,23);1H. The Bertz CT molecular complexity index is 758. The number of aryl methyl sites for hydroxylation is 1. The van der Waals surface area contributed by atoms with Gasteiger partial charge in [-0.1, -0.05) is 17.3 Å². The summed E-state index contributed by atoms with van der Waals surface area (Å²) in [4.78, 5) is 9.60. The molecule has 1 saturated heterocycles. The summed E-state index contributed by atoms with van der Waals surface area (Å²) in [5, 5.41) is 7.44. The van der Waals surface area contributed by atoms with Crippen molar-refractivity contribution >= 4 is 29.9 Å². The smallest absolute Gasteiger partial charge is 0.194 e. The summed E-state index contributed by atoms with van der Waals surface area (Å²) in [6, 6.07) is 8.30. The van der Waals surface area contributed by atoms with Crippen LogP contribution in [0, 0.1) is 6.92 Å². The first-order valence-electron chi connectivity index (χ1n) is 9.98. The van der Waals surface area contributed by atoms with Gasteiger partial charge in [-0.25, -0.2) is 0 Å². The van der Waals surface area contributed by atoms with Gasteiger partial charge in [-0.3, -0.25) is 9.89 Å². The average molecular weight is 513 g/mol. The molecule has 1 aliphatic rings. The van der Waals surface area contributed by atoms with Gasteiger partial charge in [0.15, 0.2) is 5.96 Å². The molecule has 160 valence electrons. The van der Waals surface area contributed by atoms with E-state index in [0.29, 0.717) is 0 Å². The van der Waals surface area contributed by atoms with E-state index < -0.39 is 0 Å². The number of ether oxygens (including phenoxy) is 1. The van der Waals surface area contributed by atoms with Gasteiger partial charge < -0.3 is 19.5 Å². The van der Waals surface area contributed by atoms with Crippen molar-refractivity contribution in [3.63, 3.8) is 0 Å². The van der Waals surface area contributed by atoms with E-state index in [9.17, 15) is 0 Å². The highest BCUT2D eigenvalue weighted by Crippen LogP contribution is 2.19. The van der Waals surface area contributed by atoms with E-state index >= 15 is 0 Å². The van der Waals surface area contributed by atoms with Crippen molar-refractivity contribution in [2.24, 2.45) is 4.99 Å². The summed E-state index contributed by atoms with van der Waals surface area (Å²) >= 11 is 0. The lowest BCUT2D eigenvalue weighted by molar-refractivity contribution is 0.169. The quantitative estimate of drug-likeness (QED) is 0.349. The largest absolute Gasteiger partial charge is 0.496 e. The van der Waals surface area contributed by atoms with Gasteiger partial charge in [-0.15, -0.1) is 24.0 Å². The van der Waals surface area contributed by atoms with Crippen LogP contribution in [0.25, 0.3) is 0 Å². The lowest BCUT2D eigenvalue weighted by Gasteiger charge is -2.36. The zero-order chi connectivity index (χ0) is 19.8. The number of guanidine groups is 1. The Hall–Kier alpha value is -1.81. The molecule has 1 aromatic carbocycles. The number of rotatable bonds is 7. The molecule has 0 atom stereocenters. The van der Waals surface area contributed by atoms with E-state index in [1.54, 1.807) is 13.4 Å². The monoisotopic (exact) mass is 513 g/mol. The summed E-state index contributed by atoms with van der Waals surface area (Å²) in [6.07, 6.45) is 2.53. The summed E-state index contributed by atoms with van der Waals surface area (Å²) < 4.78 is 10.3. The number of hydrogen-bond donors (Lipinski definition) is 1. The van der Waals surface area contributed by atoms with Crippen LogP contribution < -0.4 is 10.1 Å². The minimum absolute atomic E-state index is 0. The van der Waals surface area contributed by atoms with Crippen LogP contribution in [-0.2, 0) is 13.0 Å². The second-order valence-corrected chi connectivity index (χ2v) is 7.04. The van der Waals surface area contributed by atoms with Crippen molar-refractivity contribution in [3.05, 3.63) is 47.3 Å². The molecule has 2 aromatic rings. The van der Waals surface area contributed by atoms with E-state index in [0.717, 1.165) is 75.2 Å². The highest BCUT2D eigenvalue weighted by molar-refractivity contribution is 14.0. The molecule has 29 heavy (non-hydrogen) atoms. The average Bonchev–Trinajstić information content (AvgIpc) is 3.22. The topological polar surface area (TPSA) is 66.1 Å². The van der Waals surface area contributed by atoms with Gasteiger partial charge in [0.25, 0.3) is 0 Å². The third-order valence-electron chi connectivity index (χ3n) is 5.02. The van der Waals surface area contributed by atoms with E-state index in [1.807, 2.05) is 6.07 Å². The predicted molar refractivity (Wildman–Crippen MR) is 126 cm³/mol. The minimum Gasteiger partial charge on any atom is -0.496 e. The molecule has 3 rings (SSSR count). The molecule has 0 aliphatic carbocycles. The van der Waals surface area contributed by atoms with Gasteiger partial charge >= 0.3 is 0 Å². The zero-order valence-electron chi connectivity index (χ0n) is 17.6. The van der Waals surface area contributed by atoms with E-state index in [2.05, 4.69) is 52.3 Å². The number of aromatic nitrogens is 1. The fourth-order valence-electron chi connectivity index (χ4n) is 3.40. The van der Waals surface area contributed by atoms with Gasteiger partial charge in [0.05, 0.1) is 12.8 Å². The van der Waals surface area contributed by atoms with Gasteiger partial charge in [0.2, 0.25) is 0 Å². The predicted octanol–water partition coefficient (Wildman–Crippen LogP) is 2.94. The highest BCUT2D eigenvalue weighted by atomic mass is 127. The summed E-state index contributed by atoms with van der Waals surface area (Å²) in [7, 11) is 1.72. The molecule has 7 nitrogen and oxygen atoms in total. The second-order valence-electron chi connectivity index (χ2n) is 7.04. The Morgan fingerprint density at radius 3 is 2.69 bits per heavy atom. The molecule has 0 radical (unpaired) electrons. The zero-order valence-corrected chi connectivity index (χ0v) is 19.9. The van der Waals surface area contributed by atoms with Gasteiger partial charge in [-0.2, -0.15) is 0 Å². The number of piperazine rings is 1. The molecular formula is C21H32IN5O2. The Morgan fingerprint density at radius 1 is 1.24 bits per heavy atom. The van der Waals surface area contributed by atoms with E-state index in [1.165, 1.54) is 5.56 Å². The number of halogens is 1. The lowest BCUT2D eigenvalue weighted by Crippen LogP contribution is -2.52. The normalized spacial score (nSPS) is 15.1. The molecular weight excluding hydrogens is 481 g/mol. The number of nitrogens with zero attached hydrogens (tertiary/aromatic N) is 4. The van der Waals surface area contributed by atoms with Crippen molar-refractivity contribution in [2.75, 3.05) is 46.4 Å². The first-order chi connectivity index (χ1) is 13.7. The van der Waals surface area contributed by atoms with Crippen LogP contribution in [0.2, 0.25) is 0 Å². The van der Waals surface area contributed by atoms with Crippen LogP contribution in [0.3, 0.4) is 0 Å². The van der Waals surface area contributed by atoms with E-state index in [-0.39, 0.29) is 24.0 Å². The number of methoxy groups -OCH3 is 1. The molecule has 0 saturated carbocycles. The van der Waals surface area contributed by atoms with Crippen molar-refractivity contribution < 1.29 is 9.26 Å². The molecule has 1 aliphatic heterocycles. The van der Waals surface area contributed by atoms with Gasteiger partial charge in [0, 0.05) is 51.9 Å². The maximum absolute atomic E-state index is 5.42. The summed E-state index contributed by atoms with van der Waals surface area (Å²) in [5.74, 6) is 1.94. The lowest BCUT2D eigenvalue weighted by atomic mass is 10.1. The highest BCUT2D eigenvalue weighted by Gasteiger charge is 2.20. The van der Waals surface area contributed by atoms with E-state index in [4.69, 9.17) is 14.3 Å². The fraction of sp³-hybridized carbons (Fsp3) is 0.524. The van der Waals surface area contributed by atoms with Crippen molar-refractivity contribution in [3.8, 4) is 5.75 Å². The van der Waals surface area contributed by atoms with Crippen LogP contribution in [0.15, 0.2) is 40.0 Å².